The molecule has 0 heterocycles. The first-order valence-corrected chi connectivity index (χ1v) is 8.79. The van der Waals surface area contributed by atoms with Gasteiger partial charge < -0.3 is 10.1 Å². The van der Waals surface area contributed by atoms with Gasteiger partial charge in [-0.25, -0.2) is 0 Å². The molecule has 0 radical (unpaired) electrons. The van der Waals surface area contributed by atoms with Crippen molar-refractivity contribution in [3.05, 3.63) is 59.2 Å². The second-order valence-corrected chi connectivity index (χ2v) is 6.23. The maximum absolute atomic E-state index is 12.5. The van der Waals surface area contributed by atoms with Gasteiger partial charge in [0.2, 0.25) is 5.91 Å². The summed E-state index contributed by atoms with van der Waals surface area (Å²) >= 11 is 0. The van der Waals surface area contributed by atoms with Crippen molar-refractivity contribution in [3.8, 4) is 5.75 Å². The Kier molecular flexibility index (Phi) is 7.02. The fourth-order valence-corrected chi connectivity index (χ4v) is 2.93. The van der Waals surface area contributed by atoms with Crippen LogP contribution in [0.1, 0.15) is 30.5 Å². The second-order valence-electron chi connectivity index (χ2n) is 6.23. The zero-order chi connectivity index (χ0) is 18.2. The van der Waals surface area contributed by atoms with Crippen LogP contribution in [0.4, 0.5) is 5.69 Å². The van der Waals surface area contributed by atoms with Crippen molar-refractivity contribution in [3.63, 3.8) is 0 Å². The molecular weight excluding hydrogens is 312 g/mol. The summed E-state index contributed by atoms with van der Waals surface area (Å²) < 4.78 is 5.17. The lowest BCUT2D eigenvalue weighted by Gasteiger charge is -2.19. The second kappa shape index (κ2) is 9.23. The van der Waals surface area contributed by atoms with E-state index >= 15 is 0 Å². The molecule has 134 valence electrons. The third kappa shape index (κ3) is 5.33. The van der Waals surface area contributed by atoms with Crippen LogP contribution >= 0.6 is 0 Å². The monoisotopic (exact) mass is 340 g/mol. The highest BCUT2D eigenvalue weighted by Crippen LogP contribution is 2.22. The summed E-state index contributed by atoms with van der Waals surface area (Å²) in [6, 6.07) is 14.1. The van der Waals surface area contributed by atoms with Crippen LogP contribution in [-0.4, -0.2) is 31.5 Å². The lowest BCUT2D eigenvalue weighted by atomic mass is 10.0. The largest absolute Gasteiger partial charge is 0.497 e. The van der Waals surface area contributed by atoms with Gasteiger partial charge in [-0.2, -0.15) is 0 Å². The standard InChI is InChI=1S/C21H28N2O2/c1-5-17-8-7-9-18(6-2)21(17)22-20(24)15-23(3)14-16-10-12-19(25-4)13-11-16/h7-13H,5-6,14-15H2,1-4H3,(H,22,24). The van der Waals surface area contributed by atoms with E-state index in [9.17, 15) is 4.79 Å². The molecule has 1 amide bonds. The first-order valence-electron chi connectivity index (χ1n) is 8.79. The van der Waals surface area contributed by atoms with E-state index in [0.717, 1.165) is 29.8 Å². The summed E-state index contributed by atoms with van der Waals surface area (Å²) in [4.78, 5) is 14.5. The quantitative estimate of drug-likeness (QED) is 0.793. The number of anilines is 1. The molecule has 1 N–H and O–H groups in total. The molecule has 4 nitrogen and oxygen atoms in total. The first kappa shape index (κ1) is 19.0. The van der Waals surface area contributed by atoms with Gasteiger partial charge in [0.05, 0.1) is 13.7 Å². The summed E-state index contributed by atoms with van der Waals surface area (Å²) in [5, 5.41) is 3.12. The number of ether oxygens (including phenoxy) is 1. The number of methoxy groups -OCH3 is 1. The van der Waals surface area contributed by atoms with E-state index in [1.165, 1.54) is 11.1 Å². The highest BCUT2D eigenvalue weighted by molar-refractivity contribution is 5.93. The molecule has 0 spiro atoms. The van der Waals surface area contributed by atoms with Crippen molar-refractivity contribution in [1.82, 2.24) is 4.90 Å². The fourth-order valence-electron chi connectivity index (χ4n) is 2.93. The van der Waals surface area contributed by atoms with Crippen molar-refractivity contribution < 1.29 is 9.53 Å². The van der Waals surface area contributed by atoms with Crippen LogP contribution in [0.3, 0.4) is 0 Å². The van der Waals surface area contributed by atoms with Gasteiger partial charge in [0, 0.05) is 12.2 Å². The molecule has 2 rings (SSSR count). The van der Waals surface area contributed by atoms with Gasteiger partial charge in [-0.3, -0.25) is 9.69 Å². The Hall–Kier alpha value is -2.33. The summed E-state index contributed by atoms with van der Waals surface area (Å²) in [6.45, 7) is 5.29. The van der Waals surface area contributed by atoms with Crippen LogP contribution in [-0.2, 0) is 24.2 Å². The van der Waals surface area contributed by atoms with E-state index in [-0.39, 0.29) is 5.91 Å². The number of nitrogens with zero attached hydrogens (tertiary/aromatic N) is 1. The normalized spacial score (nSPS) is 10.8. The zero-order valence-corrected chi connectivity index (χ0v) is 15.6. The third-order valence-electron chi connectivity index (χ3n) is 4.29. The summed E-state index contributed by atoms with van der Waals surface area (Å²) in [5.74, 6) is 0.860. The number of benzene rings is 2. The number of hydrogen-bond donors (Lipinski definition) is 1. The Morgan fingerprint density at radius 3 is 2.16 bits per heavy atom. The number of rotatable bonds is 8. The smallest absolute Gasteiger partial charge is 0.238 e. The van der Waals surface area contributed by atoms with Crippen molar-refractivity contribution in [2.24, 2.45) is 0 Å². The van der Waals surface area contributed by atoms with Gasteiger partial charge >= 0.3 is 0 Å². The highest BCUT2D eigenvalue weighted by atomic mass is 16.5. The molecule has 0 atom stereocenters. The number of hydrogen-bond acceptors (Lipinski definition) is 3. The van der Waals surface area contributed by atoms with E-state index < -0.39 is 0 Å². The van der Waals surface area contributed by atoms with Gasteiger partial charge in [-0.15, -0.1) is 0 Å². The van der Waals surface area contributed by atoms with Crippen LogP contribution < -0.4 is 10.1 Å². The van der Waals surface area contributed by atoms with Crippen LogP contribution in [0.15, 0.2) is 42.5 Å². The Labute approximate surface area is 150 Å². The van der Waals surface area contributed by atoms with Crippen molar-refractivity contribution in [1.29, 1.82) is 0 Å². The maximum Gasteiger partial charge on any atom is 0.238 e. The number of nitrogens with one attached hydrogen (secondary N) is 1. The van der Waals surface area contributed by atoms with Gasteiger partial charge in [-0.05, 0) is 48.7 Å². The molecule has 0 unspecified atom stereocenters. The lowest BCUT2D eigenvalue weighted by Crippen LogP contribution is -2.30. The molecule has 0 saturated carbocycles. The number of aryl methyl sites for hydroxylation is 2. The molecule has 0 aliphatic heterocycles. The van der Waals surface area contributed by atoms with E-state index in [1.807, 2.05) is 36.2 Å². The Bertz CT molecular complexity index is 673. The average molecular weight is 340 g/mol. The number of para-hydroxylation sites is 1. The third-order valence-corrected chi connectivity index (χ3v) is 4.29. The highest BCUT2D eigenvalue weighted by Gasteiger charge is 2.12. The predicted octanol–water partition coefficient (Wildman–Crippen LogP) is 3.89. The molecular formula is C21H28N2O2. The molecule has 2 aromatic rings. The molecule has 0 fully saturated rings. The minimum Gasteiger partial charge on any atom is -0.497 e. The minimum atomic E-state index is 0.0200. The molecule has 0 aliphatic rings. The predicted molar refractivity (Wildman–Crippen MR) is 103 cm³/mol. The molecule has 0 aliphatic carbocycles. The number of likely N-dealkylation sites (N-methyl/N-ethyl adjacent to an activating group) is 1. The Morgan fingerprint density at radius 1 is 1.04 bits per heavy atom. The van der Waals surface area contributed by atoms with E-state index in [0.29, 0.717) is 13.1 Å². The molecule has 25 heavy (non-hydrogen) atoms. The fraction of sp³-hybridized carbons (Fsp3) is 0.381. The van der Waals surface area contributed by atoms with Gasteiger partial charge in [0.25, 0.3) is 0 Å². The number of amides is 1. The van der Waals surface area contributed by atoms with Crippen molar-refractivity contribution in [2.75, 3.05) is 26.0 Å². The lowest BCUT2D eigenvalue weighted by molar-refractivity contribution is -0.117. The van der Waals surface area contributed by atoms with E-state index in [1.54, 1.807) is 7.11 Å². The molecule has 0 bridgehead atoms. The Morgan fingerprint density at radius 2 is 1.64 bits per heavy atom. The summed E-state index contributed by atoms with van der Waals surface area (Å²) in [6.07, 6.45) is 1.82. The summed E-state index contributed by atoms with van der Waals surface area (Å²) in [5.41, 5.74) is 4.51. The average Bonchev–Trinajstić information content (AvgIpc) is 2.62. The SMILES string of the molecule is CCc1cccc(CC)c1NC(=O)CN(C)Cc1ccc(OC)cc1. The van der Waals surface area contributed by atoms with Crippen LogP contribution in [0, 0.1) is 0 Å². The van der Waals surface area contributed by atoms with Gasteiger partial charge in [-0.1, -0.05) is 44.2 Å². The maximum atomic E-state index is 12.5. The number of carbonyl (C=O) groups excluding carboxylic acids is 1. The van der Waals surface area contributed by atoms with E-state index in [4.69, 9.17) is 4.74 Å². The van der Waals surface area contributed by atoms with Crippen LogP contribution in [0.25, 0.3) is 0 Å². The van der Waals surface area contributed by atoms with Crippen LogP contribution in [0.5, 0.6) is 5.75 Å². The molecule has 4 heteroatoms. The van der Waals surface area contributed by atoms with E-state index in [2.05, 4.69) is 37.4 Å². The van der Waals surface area contributed by atoms with Crippen LogP contribution in [0.2, 0.25) is 0 Å². The van der Waals surface area contributed by atoms with Gasteiger partial charge in [0.15, 0.2) is 0 Å². The summed E-state index contributed by atoms with van der Waals surface area (Å²) in [7, 11) is 3.61. The zero-order valence-electron chi connectivity index (χ0n) is 15.6. The number of carbonyl (C=O) groups is 1. The molecule has 0 aromatic heterocycles. The van der Waals surface area contributed by atoms with Gasteiger partial charge in [0.1, 0.15) is 5.75 Å². The van der Waals surface area contributed by atoms with Crippen molar-refractivity contribution >= 4 is 11.6 Å². The molecule has 0 saturated heterocycles. The van der Waals surface area contributed by atoms with Crippen molar-refractivity contribution in [2.45, 2.75) is 33.2 Å². The topological polar surface area (TPSA) is 41.6 Å². The first-order chi connectivity index (χ1) is 12.1. The molecule has 2 aromatic carbocycles. The Balaban J connectivity index is 1.97. The minimum absolute atomic E-state index is 0.0200.